The number of nitrogens with zero attached hydrogens (tertiary/aromatic N) is 3. The number of hydrogen-bond donors (Lipinski definition) is 2. The molecular formula is C10H8FN5O. The summed E-state index contributed by atoms with van der Waals surface area (Å²) in [6.07, 6.45) is 2.74. The van der Waals surface area contributed by atoms with Crippen LogP contribution >= 0.6 is 0 Å². The number of carbonyl (C=O) groups excluding carboxylic acids is 1. The molecule has 3 N–H and O–H groups in total. The number of benzene rings is 1. The lowest BCUT2D eigenvalue weighted by Crippen LogP contribution is -2.16. The van der Waals surface area contributed by atoms with Gasteiger partial charge in [0, 0.05) is 5.69 Å². The van der Waals surface area contributed by atoms with Crippen molar-refractivity contribution in [3.8, 4) is 0 Å². The first-order chi connectivity index (χ1) is 8.16. The molecule has 0 fully saturated rings. The second-order valence-corrected chi connectivity index (χ2v) is 3.15. The van der Waals surface area contributed by atoms with Crippen LogP contribution in [0.4, 0.5) is 16.0 Å². The third kappa shape index (κ3) is 2.51. The third-order valence-electron chi connectivity index (χ3n) is 1.97. The van der Waals surface area contributed by atoms with Gasteiger partial charge < -0.3 is 5.73 Å². The van der Waals surface area contributed by atoms with Crippen molar-refractivity contribution in [2.45, 2.75) is 0 Å². The Balaban J connectivity index is 2.23. The summed E-state index contributed by atoms with van der Waals surface area (Å²) in [6.45, 7) is 0. The summed E-state index contributed by atoms with van der Waals surface area (Å²) in [4.78, 5) is 15.5. The second kappa shape index (κ2) is 4.52. The molecule has 2 rings (SSSR count). The Morgan fingerprint density at radius 1 is 1.35 bits per heavy atom. The van der Waals surface area contributed by atoms with E-state index in [2.05, 4.69) is 20.5 Å². The molecule has 6 nitrogen and oxygen atoms in total. The average Bonchev–Trinajstić information content (AvgIpc) is 2.33. The summed E-state index contributed by atoms with van der Waals surface area (Å²) in [5.41, 5.74) is 5.76. The Kier molecular flexibility index (Phi) is 2.91. The van der Waals surface area contributed by atoms with Gasteiger partial charge in [0.15, 0.2) is 0 Å². The van der Waals surface area contributed by atoms with Crippen molar-refractivity contribution in [1.29, 1.82) is 0 Å². The topological polar surface area (TPSA) is 93.8 Å². The van der Waals surface area contributed by atoms with Gasteiger partial charge in [-0.1, -0.05) is 0 Å². The predicted octanol–water partition coefficient (Wildman–Crippen LogP) is 0.845. The van der Waals surface area contributed by atoms with E-state index in [0.717, 1.165) is 6.07 Å². The van der Waals surface area contributed by atoms with E-state index in [0.29, 0.717) is 0 Å². The highest BCUT2D eigenvalue weighted by Gasteiger charge is 2.12. The molecular weight excluding hydrogens is 225 g/mol. The number of nitrogens with one attached hydrogen (secondary N) is 1. The van der Waals surface area contributed by atoms with Crippen molar-refractivity contribution < 1.29 is 9.18 Å². The number of nitrogens with two attached hydrogens (primary N) is 1. The molecule has 0 aliphatic heterocycles. The maximum Gasteiger partial charge on any atom is 0.260 e. The maximum absolute atomic E-state index is 13.0. The summed E-state index contributed by atoms with van der Waals surface area (Å²) in [5, 5.41) is 9.46. The molecule has 1 aromatic heterocycles. The number of nitrogen functional groups attached to an aromatic ring is 1. The van der Waals surface area contributed by atoms with E-state index >= 15 is 0 Å². The van der Waals surface area contributed by atoms with Gasteiger partial charge in [0.05, 0.1) is 18.0 Å². The molecule has 0 spiro atoms. The lowest BCUT2D eigenvalue weighted by Gasteiger charge is -2.05. The van der Waals surface area contributed by atoms with Gasteiger partial charge in [0.2, 0.25) is 5.95 Å². The quantitative estimate of drug-likeness (QED) is 0.750. The van der Waals surface area contributed by atoms with Crippen LogP contribution in [0, 0.1) is 5.82 Å². The molecule has 86 valence electrons. The van der Waals surface area contributed by atoms with Crippen LogP contribution in [0.3, 0.4) is 0 Å². The van der Waals surface area contributed by atoms with Gasteiger partial charge in [-0.05, 0) is 18.2 Å². The Hall–Kier alpha value is -2.57. The minimum absolute atomic E-state index is 0.0254. The summed E-state index contributed by atoms with van der Waals surface area (Å²) in [5.74, 6) is -1.10. The molecule has 0 saturated carbocycles. The summed E-state index contributed by atoms with van der Waals surface area (Å²) < 4.78 is 13.0. The standard InChI is InChI=1S/C10H8FN5O/c11-6-1-2-8(12)7(5-6)9(17)15-10-13-3-4-14-16-10/h1-5H,12H2,(H,13,15,16,17). The molecule has 0 bridgehead atoms. The molecule has 0 saturated heterocycles. The number of amides is 1. The van der Waals surface area contributed by atoms with Crippen LogP contribution < -0.4 is 11.1 Å². The lowest BCUT2D eigenvalue weighted by molar-refractivity contribution is 0.102. The van der Waals surface area contributed by atoms with Gasteiger partial charge in [0.1, 0.15) is 5.82 Å². The molecule has 1 aromatic carbocycles. The minimum Gasteiger partial charge on any atom is -0.398 e. The fourth-order valence-electron chi connectivity index (χ4n) is 1.20. The Labute approximate surface area is 95.7 Å². The number of carbonyl (C=O) groups is 1. The van der Waals surface area contributed by atoms with Crippen LogP contribution in [-0.2, 0) is 0 Å². The van der Waals surface area contributed by atoms with E-state index in [1.807, 2.05) is 0 Å². The van der Waals surface area contributed by atoms with Crippen molar-refractivity contribution >= 4 is 17.5 Å². The molecule has 7 heteroatoms. The highest BCUT2D eigenvalue weighted by atomic mass is 19.1. The van der Waals surface area contributed by atoms with E-state index in [4.69, 9.17) is 5.73 Å². The Morgan fingerprint density at radius 2 is 2.18 bits per heavy atom. The zero-order chi connectivity index (χ0) is 12.3. The molecule has 0 atom stereocenters. The van der Waals surface area contributed by atoms with Crippen molar-refractivity contribution in [3.05, 3.63) is 42.0 Å². The molecule has 0 aliphatic carbocycles. The number of rotatable bonds is 2. The monoisotopic (exact) mass is 233 g/mol. The highest BCUT2D eigenvalue weighted by Crippen LogP contribution is 2.14. The fourth-order valence-corrected chi connectivity index (χ4v) is 1.20. The Morgan fingerprint density at radius 3 is 2.88 bits per heavy atom. The Bertz CT molecular complexity index is 546. The minimum atomic E-state index is -0.588. The highest BCUT2D eigenvalue weighted by molar-refractivity contribution is 6.06. The fraction of sp³-hybridized carbons (Fsp3) is 0. The smallest absolute Gasteiger partial charge is 0.260 e. The van der Waals surface area contributed by atoms with E-state index in [9.17, 15) is 9.18 Å². The van der Waals surface area contributed by atoms with Crippen molar-refractivity contribution in [2.75, 3.05) is 11.1 Å². The van der Waals surface area contributed by atoms with Gasteiger partial charge in [-0.25, -0.2) is 9.37 Å². The molecule has 2 aromatic rings. The predicted molar refractivity (Wildman–Crippen MR) is 58.6 cm³/mol. The third-order valence-corrected chi connectivity index (χ3v) is 1.97. The normalized spacial score (nSPS) is 9.94. The second-order valence-electron chi connectivity index (χ2n) is 3.15. The van der Waals surface area contributed by atoms with Gasteiger partial charge in [-0.2, -0.15) is 5.10 Å². The van der Waals surface area contributed by atoms with Crippen LogP contribution in [0.25, 0.3) is 0 Å². The van der Waals surface area contributed by atoms with Crippen LogP contribution in [0.2, 0.25) is 0 Å². The first-order valence-electron chi connectivity index (χ1n) is 4.67. The number of aromatic nitrogens is 3. The maximum atomic E-state index is 13.0. The number of halogens is 1. The largest absolute Gasteiger partial charge is 0.398 e. The molecule has 0 aliphatic rings. The first-order valence-corrected chi connectivity index (χ1v) is 4.67. The van der Waals surface area contributed by atoms with E-state index in [1.54, 1.807) is 0 Å². The van der Waals surface area contributed by atoms with Crippen molar-refractivity contribution in [2.24, 2.45) is 0 Å². The van der Waals surface area contributed by atoms with Gasteiger partial charge in [-0.3, -0.25) is 10.1 Å². The number of anilines is 2. The lowest BCUT2D eigenvalue weighted by atomic mass is 10.1. The van der Waals surface area contributed by atoms with Crippen LogP contribution in [0.15, 0.2) is 30.6 Å². The van der Waals surface area contributed by atoms with Crippen LogP contribution in [0.5, 0.6) is 0 Å². The average molecular weight is 233 g/mol. The van der Waals surface area contributed by atoms with Crippen LogP contribution in [0.1, 0.15) is 10.4 Å². The van der Waals surface area contributed by atoms with Gasteiger partial charge in [0.25, 0.3) is 5.91 Å². The zero-order valence-corrected chi connectivity index (χ0v) is 8.59. The van der Waals surface area contributed by atoms with Gasteiger partial charge in [-0.15, -0.1) is 5.10 Å². The molecule has 0 unspecified atom stereocenters. The summed E-state index contributed by atoms with van der Waals surface area (Å²) in [6, 6.07) is 3.53. The summed E-state index contributed by atoms with van der Waals surface area (Å²) >= 11 is 0. The van der Waals surface area contributed by atoms with Crippen LogP contribution in [-0.4, -0.2) is 21.1 Å². The van der Waals surface area contributed by atoms with E-state index < -0.39 is 11.7 Å². The SMILES string of the molecule is Nc1ccc(F)cc1C(=O)Nc1nccnn1. The van der Waals surface area contributed by atoms with E-state index in [-0.39, 0.29) is 17.2 Å². The first kappa shape index (κ1) is 10.9. The van der Waals surface area contributed by atoms with E-state index in [1.165, 1.54) is 24.5 Å². The van der Waals surface area contributed by atoms with Crippen molar-refractivity contribution in [1.82, 2.24) is 15.2 Å². The molecule has 17 heavy (non-hydrogen) atoms. The molecule has 1 heterocycles. The molecule has 0 radical (unpaired) electrons. The number of hydrogen-bond acceptors (Lipinski definition) is 5. The van der Waals surface area contributed by atoms with Crippen molar-refractivity contribution in [3.63, 3.8) is 0 Å². The van der Waals surface area contributed by atoms with Gasteiger partial charge >= 0.3 is 0 Å². The molecule has 1 amide bonds. The summed E-state index contributed by atoms with van der Waals surface area (Å²) in [7, 11) is 0. The zero-order valence-electron chi connectivity index (χ0n) is 8.59.